The predicted molar refractivity (Wildman–Crippen MR) is 88.4 cm³/mol. The highest BCUT2D eigenvalue weighted by atomic mass is 32.1. The third-order valence-corrected chi connectivity index (χ3v) is 5.10. The van der Waals surface area contributed by atoms with Crippen molar-refractivity contribution in [2.24, 2.45) is 5.92 Å². The molecule has 0 bridgehead atoms. The third-order valence-electron chi connectivity index (χ3n) is 3.97. The van der Waals surface area contributed by atoms with Gasteiger partial charge in [-0.05, 0) is 25.8 Å². The van der Waals surface area contributed by atoms with Crippen molar-refractivity contribution in [1.82, 2.24) is 4.90 Å². The van der Waals surface area contributed by atoms with E-state index in [9.17, 15) is 9.59 Å². The molecule has 6 heteroatoms. The van der Waals surface area contributed by atoms with Crippen molar-refractivity contribution in [3.63, 3.8) is 0 Å². The second-order valence-corrected chi connectivity index (χ2v) is 7.26. The fraction of sp³-hybridized carbons (Fsp3) is 0.625. The number of carbonyl (C=O) groups excluding carboxylic acids is 2. The van der Waals surface area contributed by atoms with E-state index in [0.717, 1.165) is 30.0 Å². The number of methoxy groups -OCH3 is 1. The van der Waals surface area contributed by atoms with Crippen LogP contribution in [0, 0.1) is 5.92 Å². The molecule has 1 aliphatic heterocycles. The van der Waals surface area contributed by atoms with E-state index in [1.807, 2.05) is 13.8 Å². The minimum Gasteiger partial charge on any atom is -0.465 e. The van der Waals surface area contributed by atoms with Gasteiger partial charge in [-0.2, -0.15) is 0 Å². The maximum atomic E-state index is 12.2. The smallest absolute Gasteiger partial charge is 0.341 e. The van der Waals surface area contributed by atoms with Gasteiger partial charge in [-0.3, -0.25) is 9.69 Å². The number of amides is 1. The molecule has 1 amide bonds. The summed E-state index contributed by atoms with van der Waals surface area (Å²) >= 11 is 1.50. The van der Waals surface area contributed by atoms with Gasteiger partial charge in [0.2, 0.25) is 5.91 Å². The zero-order chi connectivity index (χ0) is 16.4. The standard InChI is InChI=1S/C16H24N2O3S/c1-9(2)14(19)17-15-13(16(20)21-5)11-6-7-18(10(3)4)8-12(11)22-15/h9-10H,6-8H2,1-5H3,(H,17,19). The van der Waals surface area contributed by atoms with Crippen LogP contribution in [0.5, 0.6) is 0 Å². The van der Waals surface area contributed by atoms with Crippen molar-refractivity contribution in [2.75, 3.05) is 19.0 Å². The van der Waals surface area contributed by atoms with Gasteiger partial charge in [-0.25, -0.2) is 4.79 Å². The summed E-state index contributed by atoms with van der Waals surface area (Å²) in [5.41, 5.74) is 1.58. The van der Waals surface area contributed by atoms with E-state index in [1.165, 1.54) is 18.4 Å². The number of hydrogen-bond donors (Lipinski definition) is 1. The Morgan fingerprint density at radius 1 is 1.27 bits per heavy atom. The van der Waals surface area contributed by atoms with Crippen LogP contribution in [-0.4, -0.2) is 36.5 Å². The largest absolute Gasteiger partial charge is 0.465 e. The highest BCUT2D eigenvalue weighted by molar-refractivity contribution is 7.17. The van der Waals surface area contributed by atoms with Crippen LogP contribution < -0.4 is 5.32 Å². The monoisotopic (exact) mass is 324 g/mol. The van der Waals surface area contributed by atoms with Crippen LogP contribution in [-0.2, 0) is 22.5 Å². The summed E-state index contributed by atoms with van der Waals surface area (Å²) in [6.45, 7) is 9.74. The maximum absolute atomic E-state index is 12.2. The van der Waals surface area contributed by atoms with Crippen LogP contribution >= 0.6 is 11.3 Å². The van der Waals surface area contributed by atoms with E-state index in [4.69, 9.17) is 4.74 Å². The highest BCUT2D eigenvalue weighted by Gasteiger charge is 2.30. The van der Waals surface area contributed by atoms with Gasteiger partial charge in [0.15, 0.2) is 0 Å². The number of nitrogens with one attached hydrogen (secondary N) is 1. The number of thiophene rings is 1. The minimum absolute atomic E-state index is 0.0792. The number of nitrogens with zero attached hydrogens (tertiary/aromatic N) is 1. The van der Waals surface area contributed by atoms with Crippen molar-refractivity contribution in [3.05, 3.63) is 16.0 Å². The second kappa shape index (κ2) is 6.79. The summed E-state index contributed by atoms with van der Waals surface area (Å²) in [5.74, 6) is -0.573. The fourth-order valence-corrected chi connectivity index (χ4v) is 3.79. The molecule has 122 valence electrons. The van der Waals surface area contributed by atoms with Crippen LogP contribution in [0.25, 0.3) is 0 Å². The Labute approximate surface area is 135 Å². The first kappa shape index (κ1) is 17.0. The lowest BCUT2D eigenvalue weighted by atomic mass is 10.0. The van der Waals surface area contributed by atoms with Crippen LogP contribution in [0.15, 0.2) is 0 Å². The molecule has 0 saturated heterocycles. The molecule has 1 aromatic heterocycles. The molecule has 1 aliphatic rings. The average Bonchev–Trinajstić information content (AvgIpc) is 2.82. The summed E-state index contributed by atoms with van der Waals surface area (Å²) < 4.78 is 4.92. The molecule has 2 heterocycles. The van der Waals surface area contributed by atoms with Crippen LogP contribution in [0.4, 0.5) is 5.00 Å². The van der Waals surface area contributed by atoms with E-state index >= 15 is 0 Å². The number of rotatable bonds is 4. The summed E-state index contributed by atoms with van der Waals surface area (Å²) in [5, 5.41) is 3.51. The molecule has 2 rings (SSSR count). The van der Waals surface area contributed by atoms with Crippen molar-refractivity contribution in [3.8, 4) is 0 Å². The first-order chi connectivity index (χ1) is 10.3. The zero-order valence-corrected chi connectivity index (χ0v) is 14.7. The molecule has 0 aromatic carbocycles. The number of anilines is 1. The minimum atomic E-state index is -0.366. The molecule has 0 fully saturated rings. The molecular formula is C16H24N2O3S. The number of esters is 1. The summed E-state index contributed by atoms with van der Waals surface area (Å²) in [7, 11) is 1.38. The van der Waals surface area contributed by atoms with Crippen molar-refractivity contribution < 1.29 is 14.3 Å². The van der Waals surface area contributed by atoms with Gasteiger partial charge in [-0.1, -0.05) is 13.8 Å². The van der Waals surface area contributed by atoms with Gasteiger partial charge in [0, 0.05) is 29.9 Å². The van der Waals surface area contributed by atoms with Gasteiger partial charge >= 0.3 is 5.97 Å². The topological polar surface area (TPSA) is 58.6 Å². The Kier molecular flexibility index (Phi) is 5.24. The number of fused-ring (bicyclic) bond motifs is 1. The van der Waals surface area contributed by atoms with Crippen molar-refractivity contribution in [2.45, 2.75) is 46.7 Å². The molecule has 0 saturated carbocycles. The molecule has 1 N–H and O–H groups in total. The Morgan fingerprint density at radius 3 is 2.50 bits per heavy atom. The molecule has 0 spiro atoms. The average molecular weight is 324 g/mol. The SMILES string of the molecule is COC(=O)c1c(NC(=O)C(C)C)sc2c1CCN(C(C)C)C2. The lowest BCUT2D eigenvalue weighted by molar-refractivity contribution is -0.118. The van der Waals surface area contributed by atoms with Crippen molar-refractivity contribution >= 4 is 28.2 Å². The molecule has 1 aromatic rings. The van der Waals surface area contributed by atoms with Crippen LogP contribution in [0.2, 0.25) is 0 Å². The highest BCUT2D eigenvalue weighted by Crippen LogP contribution is 2.38. The van der Waals surface area contributed by atoms with Gasteiger partial charge in [0.25, 0.3) is 0 Å². The molecule has 22 heavy (non-hydrogen) atoms. The fourth-order valence-electron chi connectivity index (χ4n) is 2.53. The zero-order valence-electron chi connectivity index (χ0n) is 13.9. The van der Waals surface area contributed by atoms with E-state index in [0.29, 0.717) is 16.6 Å². The number of hydrogen-bond acceptors (Lipinski definition) is 5. The van der Waals surface area contributed by atoms with Crippen LogP contribution in [0.1, 0.15) is 48.5 Å². The van der Waals surface area contributed by atoms with E-state index < -0.39 is 0 Å². The molecule has 5 nitrogen and oxygen atoms in total. The maximum Gasteiger partial charge on any atom is 0.341 e. The summed E-state index contributed by atoms with van der Waals surface area (Å²) in [6, 6.07) is 0.463. The summed E-state index contributed by atoms with van der Waals surface area (Å²) in [4.78, 5) is 27.7. The first-order valence-corrected chi connectivity index (χ1v) is 8.44. The summed E-state index contributed by atoms with van der Waals surface area (Å²) in [6.07, 6.45) is 0.812. The lowest BCUT2D eigenvalue weighted by Crippen LogP contribution is -2.35. The number of carbonyl (C=O) groups is 2. The van der Waals surface area contributed by atoms with Gasteiger partial charge < -0.3 is 10.1 Å². The number of ether oxygens (including phenoxy) is 1. The second-order valence-electron chi connectivity index (χ2n) is 6.16. The lowest BCUT2D eigenvalue weighted by Gasteiger charge is -2.30. The Morgan fingerprint density at radius 2 is 1.95 bits per heavy atom. The van der Waals surface area contributed by atoms with Gasteiger partial charge in [0.05, 0.1) is 12.7 Å². The van der Waals surface area contributed by atoms with Gasteiger partial charge in [-0.15, -0.1) is 11.3 Å². The molecule has 0 unspecified atom stereocenters. The van der Waals surface area contributed by atoms with Crippen molar-refractivity contribution in [1.29, 1.82) is 0 Å². The van der Waals surface area contributed by atoms with Crippen LogP contribution in [0.3, 0.4) is 0 Å². The Hall–Kier alpha value is -1.40. The van der Waals surface area contributed by atoms with E-state index in [1.54, 1.807) is 0 Å². The van der Waals surface area contributed by atoms with Gasteiger partial charge in [0.1, 0.15) is 5.00 Å². The molecule has 0 aliphatic carbocycles. The Bertz CT molecular complexity index is 578. The Balaban J connectivity index is 2.38. The quantitative estimate of drug-likeness (QED) is 0.865. The van der Waals surface area contributed by atoms with E-state index in [2.05, 4.69) is 24.1 Å². The first-order valence-electron chi connectivity index (χ1n) is 7.62. The predicted octanol–water partition coefficient (Wildman–Crippen LogP) is 2.90. The third kappa shape index (κ3) is 3.33. The molecular weight excluding hydrogens is 300 g/mol. The molecule has 0 radical (unpaired) electrons. The molecule has 0 atom stereocenters. The van der Waals surface area contributed by atoms with E-state index in [-0.39, 0.29) is 17.8 Å². The normalized spacial score (nSPS) is 15.0.